The second-order valence-corrected chi connectivity index (χ2v) is 4.87. The molecule has 2 atom stereocenters. The maximum Gasteiger partial charge on any atom is 0.303 e. The lowest BCUT2D eigenvalue weighted by Crippen LogP contribution is -2.21. The Bertz CT molecular complexity index is 233. The van der Waals surface area contributed by atoms with Crippen molar-refractivity contribution >= 4 is 5.97 Å². The highest BCUT2D eigenvalue weighted by Crippen LogP contribution is 2.32. The van der Waals surface area contributed by atoms with Crippen LogP contribution in [0.2, 0.25) is 0 Å². The molecule has 16 heavy (non-hydrogen) atoms. The first-order chi connectivity index (χ1) is 7.74. The van der Waals surface area contributed by atoms with Gasteiger partial charge in [0.25, 0.3) is 0 Å². The zero-order valence-electron chi connectivity index (χ0n) is 10.3. The SMILES string of the molecule is CCCCCCCC[C@H]1C=C[C@H]1CC(=O)O. The van der Waals surface area contributed by atoms with Crippen LogP contribution in [0.3, 0.4) is 0 Å². The lowest BCUT2D eigenvalue weighted by Gasteiger charge is -2.28. The second-order valence-electron chi connectivity index (χ2n) is 4.87. The number of allylic oxidation sites excluding steroid dienone is 2. The van der Waals surface area contributed by atoms with Crippen LogP contribution >= 0.6 is 0 Å². The molecule has 1 aliphatic rings. The van der Waals surface area contributed by atoms with E-state index in [9.17, 15) is 4.79 Å². The number of hydrogen-bond acceptors (Lipinski definition) is 1. The van der Waals surface area contributed by atoms with Crippen molar-refractivity contribution in [2.75, 3.05) is 0 Å². The summed E-state index contributed by atoms with van der Waals surface area (Å²) >= 11 is 0. The average molecular weight is 224 g/mol. The van der Waals surface area contributed by atoms with E-state index in [0.29, 0.717) is 18.3 Å². The fraction of sp³-hybridized carbons (Fsp3) is 0.786. The molecular formula is C14H24O2. The Morgan fingerprint density at radius 1 is 1.06 bits per heavy atom. The molecule has 0 saturated heterocycles. The van der Waals surface area contributed by atoms with Crippen LogP contribution in [0, 0.1) is 11.8 Å². The molecule has 1 rings (SSSR count). The number of unbranched alkanes of at least 4 members (excludes halogenated alkanes) is 5. The van der Waals surface area contributed by atoms with Gasteiger partial charge in [0.2, 0.25) is 0 Å². The lowest BCUT2D eigenvalue weighted by molar-refractivity contribution is -0.138. The monoisotopic (exact) mass is 224 g/mol. The van der Waals surface area contributed by atoms with Crippen LogP contribution in [-0.2, 0) is 4.79 Å². The Kier molecular flexibility index (Phi) is 6.20. The van der Waals surface area contributed by atoms with Gasteiger partial charge in [-0.1, -0.05) is 57.6 Å². The fourth-order valence-corrected chi connectivity index (χ4v) is 2.32. The molecule has 0 fully saturated rings. The van der Waals surface area contributed by atoms with E-state index in [1.807, 2.05) is 0 Å². The Labute approximate surface area is 98.7 Å². The molecule has 0 aliphatic heterocycles. The van der Waals surface area contributed by atoms with Gasteiger partial charge in [0.15, 0.2) is 0 Å². The third kappa shape index (κ3) is 4.82. The number of carboxylic acid groups (broad SMARTS) is 1. The van der Waals surface area contributed by atoms with Crippen LogP contribution in [-0.4, -0.2) is 11.1 Å². The maximum absolute atomic E-state index is 10.6. The lowest BCUT2D eigenvalue weighted by atomic mass is 9.77. The van der Waals surface area contributed by atoms with E-state index in [-0.39, 0.29) is 0 Å². The number of aliphatic carboxylic acids is 1. The van der Waals surface area contributed by atoms with Crippen molar-refractivity contribution < 1.29 is 9.90 Å². The molecule has 0 unspecified atom stereocenters. The third-order valence-electron chi connectivity index (χ3n) is 3.46. The van der Waals surface area contributed by atoms with Gasteiger partial charge in [-0.3, -0.25) is 4.79 Å². The fourth-order valence-electron chi connectivity index (χ4n) is 2.32. The first-order valence-electron chi connectivity index (χ1n) is 6.64. The molecule has 0 amide bonds. The molecule has 0 bridgehead atoms. The van der Waals surface area contributed by atoms with E-state index in [1.54, 1.807) is 0 Å². The average Bonchev–Trinajstić information content (AvgIpc) is 2.23. The van der Waals surface area contributed by atoms with Crippen molar-refractivity contribution in [2.24, 2.45) is 11.8 Å². The summed E-state index contributed by atoms with van der Waals surface area (Å²) in [6.07, 6.45) is 13.6. The molecule has 0 aromatic carbocycles. The van der Waals surface area contributed by atoms with Crippen molar-refractivity contribution in [2.45, 2.75) is 58.3 Å². The molecule has 0 heterocycles. The summed E-state index contributed by atoms with van der Waals surface area (Å²) in [5.41, 5.74) is 0. The Morgan fingerprint density at radius 3 is 2.25 bits per heavy atom. The molecule has 1 N–H and O–H groups in total. The highest BCUT2D eigenvalue weighted by Gasteiger charge is 2.25. The predicted octanol–water partition coefficient (Wildman–Crippen LogP) is 4.01. The molecule has 0 spiro atoms. The van der Waals surface area contributed by atoms with Gasteiger partial charge < -0.3 is 5.11 Å². The maximum atomic E-state index is 10.6. The van der Waals surface area contributed by atoms with Gasteiger partial charge >= 0.3 is 5.97 Å². The van der Waals surface area contributed by atoms with E-state index in [4.69, 9.17) is 5.11 Å². The highest BCUT2D eigenvalue weighted by molar-refractivity contribution is 5.67. The summed E-state index contributed by atoms with van der Waals surface area (Å²) in [5, 5.41) is 8.70. The molecule has 0 aromatic rings. The van der Waals surface area contributed by atoms with E-state index in [1.165, 1.54) is 44.9 Å². The van der Waals surface area contributed by atoms with Crippen molar-refractivity contribution in [3.05, 3.63) is 12.2 Å². The van der Waals surface area contributed by atoms with Crippen molar-refractivity contribution in [1.29, 1.82) is 0 Å². The minimum Gasteiger partial charge on any atom is -0.481 e. The van der Waals surface area contributed by atoms with Crippen LogP contribution in [0.15, 0.2) is 12.2 Å². The van der Waals surface area contributed by atoms with Crippen molar-refractivity contribution in [3.8, 4) is 0 Å². The largest absolute Gasteiger partial charge is 0.481 e. The summed E-state index contributed by atoms with van der Waals surface area (Å²) < 4.78 is 0. The smallest absolute Gasteiger partial charge is 0.303 e. The minimum absolute atomic E-state index is 0.313. The summed E-state index contributed by atoms with van der Waals surface area (Å²) in [6.45, 7) is 2.23. The number of carboxylic acids is 1. The first-order valence-corrected chi connectivity index (χ1v) is 6.64. The van der Waals surface area contributed by atoms with Gasteiger partial charge in [-0.2, -0.15) is 0 Å². The molecule has 0 aromatic heterocycles. The van der Waals surface area contributed by atoms with Crippen LogP contribution in [0.25, 0.3) is 0 Å². The summed E-state index contributed by atoms with van der Waals surface area (Å²) in [5.74, 6) is 0.192. The predicted molar refractivity (Wildman–Crippen MR) is 66.4 cm³/mol. The Hall–Kier alpha value is -0.790. The van der Waals surface area contributed by atoms with Crippen LogP contribution in [0.1, 0.15) is 58.3 Å². The Balaban J connectivity index is 1.98. The zero-order chi connectivity index (χ0) is 11.8. The standard InChI is InChI=1S/C14H24O2/c1-2-3-4-5-6-7-8-12-9-10-13(12)11-14(15)16/h9-10,12-13H,2-8,11H2,1H3,(H,15,16)/t12-,13-/m0/s1. The molecule has 0 saturated carbocycles. The molecule has 1 aliphatic carbocycles. The van der Waals surface area contributed by atoms with Gasteiger partial charge in [-0.15, -0.1) is 0 Å². The van der Waals surface area contributed by atoms with E-state index in [0.717, 1.165) is 0 Å². The Morgan fingerprint density at radius 2 is 1.69 bits per heavy atom. The van der Waals surface area contributed by atoms with Gasteiger partial charge in [-0.05, 0) is 18.3 Å². The molecular weight excluding hydrogens is 200 g/mol. The summed E-state index contributed by atoms with van der Waals surface area (Å²) in [4.78, 5) is 10.6. The number of hydrogen-bond donors (Lipinski definition) is 1. The van der Waals surface area contributed by atoms with E-state index in [2.05, 4.69) is 19.1 Å². The van der Waals surface area contributed by atoms with Gasteiger partial charge in [-0.25, -0.2) is 0 Å². The van der Waals surface area contributed by atoms with Gasteiger partial charge in [0.05, 0.1) is 6.42 Å². The van der Waals surface area contributed by atoms with Gasteiger partial charge in [0, 0.05) is 0 Å². The molecule has 92 valence electrons. The highest BCUT2D eigenvalue weighted by atomic mass is 16.4. The van der Waals surface area contributed by atoms with Crippen molar-refractivity contribution in [3.63, 3.8) is 0 Å². The van der Waals surface area contributed by atoms with Crippen LogP contribution < -0.4 is 0 Å². The summed E-state index contributed by atoms with van der Waals surface area (Å²) in [7, 11) is 0. The number of carbonyl (C=O) groups is 1. The molecule has 2 nitrogen and oxygen atoms in total. The quantitative estimate of drug-likeness (QED) is 0.474. The summed E-state index contributed by atoms with van der Waals surface area (Å²) in [6, 6.07) is 0. The van der Waals surface area contributed by atoms with Crippen LogP contribution in [0.5, 0.6) is 0 Å². The topological polar surface area (TPSA) is 37.3 Å². The van der Waals surface area contributed by atoms with E-state index >= 15 is 0 Å². The van der Waals surface area contributed by atoms with E-state index < -0.39 is 5.97 Å². The number of rotatable bonds is 9. The minimum atomic E-state index is -0.665. The second kappa shape index (κ2) is 7.48. The zero-order valence-corrected chi connectivity index (χ0v) is 10.3. The van der Waals surface area contributed by atoms with Gasteiger partial charge in [0.1, 0.15) is 0 Å². The van der Waals surface area contributed by atoms with Crippen LogP contribution in [0.4, 0.5) is 0 Å². The molecule has 0 radical (unpaired) electrons. The first kappa shape index (κ1) is 13.3. The third-order valence-corrected chi connectivity index (χ3v) is 3.46. The molecule has 2 heteroatoms. The normalized spacial score (nSPS) is 23.1. The van der Waals surface area contributed by atoms with Crippen molar-refractivity contribution in [1.82, 2.24) is 0 Å².